The summed E-state index contributed by atoms with van der Waals surface area (Å²) in [6, 6.07) is 8.05. The Morgan fingerprint density at radius 1 is 1.40 bits per heavy atom. The highest BCUT2D eigenvalue weighted by molar-refractivity contribution is 6.05. The number of hydrogen-bond donors (Lipinski definition) is 2. The number of nitrogens with one attached hydrogen (secondary N) is 2. The van der Waals surface area contributed by atoms with Crippen molar-refractivity contribution in [3.63, 3.8) is 0 Å². The lowest BCUT2D eigenvalue weighted by atomic mass is 10.1. The van der Waals surface area contributed by atoms with Crippen LogP contribution >= 0.6 is 0 Å². The van der Waals surface area contributed by atoms with Gasteiger partial charge >= 0.3 is 0 Å². The van der Waals surface area contributed by atoms with Gasteiger partial charge in [-0.25, -0.2) is 4.39 Å². The third-order valence-corrected chi connectivity index (χ3v) is 4.29. The molecule has 0 bridgehead atoms. The molecule has 3 aromatic rings. The van der Waals surface area contributed by atoms with Crippen LogP contribution in [0.25, 0.3) is 10.9 Å². The van der Waals surface area contributed by atoms with E-state index in [1.165, 1.54) is 17.2 Å². The Morgan fingerprint density at radius 2 is 2.28 bits per heavy atom. The van der Waals surface area contributed by atoms with Crippen LogP contribution in [0.1, 0.15) is 12.2 Å². The maximum atomic E-state index is 14.1. The molecular formula is C17H15FN4O3. The second-order valence-electron chi connectivity index (χ2n) is 5.91. The van der Waals surface area contributed by atoms with Gasteiger partial charge in [0.25, 0.3) is 0 Å². The van der Waals surface area contributed by atoms with Crippen molar-refractivity contribution in [1.29, 1.82) is 0 Å². The van der Waals surface area contributed by atoms with Crippen molar-refractivity contribution in [3.8, 4) is 0 Å². The molecular weight excluding hydrogens is 327 g/mol. The molecule has 0 spiro atoms. The average Bonchev–Trinajstić information content (AvgIpc) is 3.32. The predicted octanol–water partition coefficient (Wildman–Crippen LogP) is 1.96. The Kier molecular flexibility index (Phi) is 3.72. The molecule has 1 saturated heterocycles. The van der Waals surface area contributed by atoms with Gasteiger partial charge in [-0.1, -0.05) is 6.07 Å². The summed E-state index contributed by atoms with van der Waals surface area (Å²) in [6.07, 6.45) is 1.59. The van der Waals surface area contributed by atoms with Gasteiger partial charge in [-0.2, -0.15) is 5.10 Å². The molecule has 3 heterocycles. The summed E-state index contributed by atoms with van der Waals surface area (Å²) in [5.74, 6) is -0.613. The van der Waals surface area contributed by atoms with Gasteiger partial charge in [-0.3, -0.25) is 19.6 Å². The van der Waals surface area contributed by atoms with E-state index in [0.29, 0.717) is 11.3 Å². The van der Waals surface area contributed by atoms with Gasteiger partial charge < -0.3 is 9.73 Å². The molecule has 0 aliphatic carbocycles. The number of amides is 2. The highest BCUT2D eigenvalue weighted by Gasteiger charge is 2.37. The zero-order chi connectivity index (χ0) is 17.4. The molecule has 0 radical (unpaired) electrons. The van der Waals surface area contributed by atoms with Crippen molar-refractivity contribution in [3.05, 3.63) is 48.2 Å². The van der Waals surface area contributed by atoms with Crippen molar-refractivity contribution < 1.29 is 18.4 Å². The summed E-state index contributed by atoms with van der Waals surface area (Å²) in [6.45, 7) is 0.424. The average molecular weight is 342 g/mol. The van der Waals surface area contributed by atoms with Crippen LogP contribution in [0.3, 0.4) is 0 Å². The molecule has 1 aliphatic rings. The van der Waals surface area contributed by atoms with Crippen molar-refractivity contribution in [2.45, 2.75) is 13.0 Å². The van der Waals surface area contributed by atoms with Crippen LogP contribution in [0.4, 0.5) is 10.2 Å². The number of nitrogens with zero attached hydrogens (tertiary/aromatic N) is 2. The van der Waals surface area contributed by atoms with E-state index < -0.39 is 11.7 Å². The monoisotopic (exact) mass is 342 g/mol. The minimum absolute atomic E-state index is 0.0623. The lowest BCUT2D eigenvalue weighted by Gasteiger charge is -2.14. The van der Waals surface area contributed by atoms with Gasteiger partial charge in [0.1, 0.15) is 11.6 Å². The number of carbonyl (C=O) groups excluding carboxylic acids is 2. The molecule has 1 aliphatic heterocycles. The maximum Gasteiger partial charge on any atom is 0.229 e. The lowest BCUT2D eigenvalue weighted by Crippen LogP contribution is -2.32. The fourth-order valence-corrected chi connectivity index (χ4v) is 3.03. The van der Waals surface area contributed by atoms with E-state index in [-0.39, 0.29) is 42.5 Å². The van der Waals surface area contributed by atoms with Crippen molar-refractivity contribution in [1.82, 2.24) is 15.5 Å². The molecule has 2 amide bonds. The van der Waals surface area contributed by atoms with Crippen molar-refractivity contribution in [2.24, 2.45) is 5.92 Å². The summed E-state index contributed by atoms with van der Waals surface area (Å²) in [7, 11) is 0. The largest absolute Gasteiger partial charge is 0.467 e. The molecule has 4 rings (SSSR count). The van der Waals surface area contributed by atoms with Crippen LogP contribution in [0.5, 0.6) is 0 Å². The van der Waals surface area contributed by atoms with E-state index in [1.807, 2.05) is 0 Å². The number of rotatable bonds is 4. The highest BCUT2D eigenvalue weighted by atomic mass is 19.1. The van der Waals surface area contributed by atoms with Crippen molar-refractivity contribution in [2.75, 3.05) is 11.4 Å². The van der Waals surface area contributed by atoms with E-state index in [0.717, 1.165) is 0 Å². The lowest BCUT2D eigenvalue weighted by molar-refractivity contribution is -0.126. The summed E-state index contributed by atoms with van der Waals surface area (Å²) >= 11 is 0. The Labute approximate surface area is 141 Å². The number of carbonyl (C=O) groups is 2. The van der Waals surface area contributed by atoms with Crippen LogP contribution < -0.4 is 10.2 Å². The van der Waals surface area contributed by atoms with Gasteiger partial charge in [0.15, 0.2) is 5.82 Å². The van der Waals surface area contributed by atoms with Crippen LogP contribution in [0, 0.1) is 11.7 Å². The third kappa shape index (κ3) is 2.75. The summed E-state index contributed by atoms with van der Waals surface area (Å²) in [4.78, 5) is 26.0. The molecule has 0 saturated carbocycles. The fraction of sp³-hybridized carbons (Fsp3) is 0.235. The van der Waals surface area contributed by atoms with E-state index in [2.05, 4.69) is 15.5 Å². The summed E-state index contributed by atoms with van der Waals surface area (Å²) in [5.41, 5.74) is 0.508. The Balaban J connectivity index is 1.51. The SMILES string of the molecule is O=C(NCc1ccco1)C1CC(=O)N(c2n[nH]c3cccc(F)c23)C1. The van der Waals surface area contributed by atoms with Gasteiger partial charge in [0, 0.05) is 13.0 Å². The Bertz CT molecular complexity index is 935. The first-order valence-electron chi connectivity index (χ1n) is 7.86. The Morgan fingerprint density at radius 3 is 3.08 bits per heavy atom. The van der Waals surface area contributed by atoms with Crippen LogP contribution in [-0.2, 0) is 16.1 Å². The quantitative estimate of drug-likeness (QED) is 0.758. The smallest absolute Gasteiger partial charge is 0.229 e. The number of hydrogen-bond acceptors (Lipinski definition) is 4. The van der Waals surface area contributed by atoms with Gasteiger partial charge in [0.2, 0.25) is 11.8 Å². The van der Waals surface area contributed by atoms with Gasteiger partial charge in [0.05, 0.1) is 29.6 Å². The minimum atomic E-state index is -0.513. The van der Waals surface area contributed by atoms with E-state index in [4.69, 9.17) is 4.42 Å². The minimum Gasteiger partial charge on any atom is -0.467 e. The number of anilines is 1. The first kappa shape index (κ1) is 15.4. The van der Waals surface area contributed by atoms with E-state index in [1.54, 1.807) is 24.3 Å². The normalized spacial score (nSPS) is 17.4. The maximum absolute atomic E-state index is 14.1. The first-order valence-corrected chi connectivity index (χ1v) is 7.86. The number of aromatic amines is 1. The van der Waals surface area contributed by atoms with Crippen LogP contribution in [-0.4, -0.2) is 28.6 Å². The molecule has 128 valence electrons. The standard InChI is InChI=1S/C17H15FN4O3/c18-12-4-1-5-13-15(12)16(21-20-13)22-9-10(7-14(22)23)17(24)19-8-11-3-2-6-25-11/h1-6,10H,7-9H2,(H,19,24)(H,20,21). The number of furan rings is 1. The summed E-state index contributed by atoms with van der Waals surface area (Å²) in [5, 5.41) is 9.78. The zero-order valence-electron chi connectivity index (χ0n) is 13.2. The topological polar surface area (TPSA) is 91.2 Å². The molecule has 25 heavy (non-hydrogen) atoms. The molecule has 2 N–H and O–H groups in total. The fourth-order valence-electron chi connectivity index (χ4n) is 3.03. The third-order valence-electron chi connectivity index (χ3n) is 4.29. The van der Waals surface area contributed by atoms with E-state index >= 15 is 0 Å². The number of aromatic nitrogens is 2. The van der Waals surface area contributed by atoms with Crippen LogP contribution in [0.15, 0.2) is 41.0 Å². The molecule has 1 aromatic carbocycles. The Hall–Kier alpha value is -3.16. The predicted molar refractivity (Wildman–Crippen MR) is 87.1 cm³/mol. The molecule has 8 heteroatoms. The van der Waals surface area contributed by atoms with Crippen LogP contribution in [0.2, 0.25) is 0 Å². The first-order chi connectivity index (χ1) is 12.1. The van der Waals surface area contributed by atoms with E-state index in [9.17, 15) is 14.0 Å². The second kappa shape index (κ2) is 6.04. The molecule has 1 unspecified atom stereocenters. The highest BCUT2D eigenvalue weighted by Crippen LogP contribution is 2.31. The molecule has 7 nitrogen and oxygen atoms in total. The molecule has 1 fully saturated rings. The van der Waals surface area contributed by atoms with Crippen molar-refractivity contribution >= 4 is 28.5 Å². The molecule has 2 aromatic heterocycles. The van der Waals surface area contributed by atoms with Gasteiger partial charge in [-0.05, 0) is 24.3 Å². The second-order valence-corrected chi connectivity index (χ2v) is 5.91. The van der Waals surface area contributed by atoms with Gasteiger partial charge in [-0.15, -0.1) is 0 Å². The number of benzene rings is 1. The number of fused-ring (bicyclic) bond motifs is 1. The number of halogens is 1. The molecule has 1 atom stereocenters. The number of H-pyrrole nitrogens is 1. The summed E-state index contributed by atoms with van der Waals surface area (Å²) < 4.78 is 19.3. The zero-order valence-corrected chi connectivity index (χ0v) is 13.2.